The number of aromatic nitrogens is 2. The van der Waals surface area contributed by atoms with Crippen molar-refractivity contribution < 1.29 is 9.32 Å². The number of fused-ring (bicyclic) bond motifs is 1. The Bertz CT molecular complexity index is 1180. The van der Waals surface area contributed by atoms with Crippen LogP contribution in [0.4, 0.5) is 5.13 Å². The van der Waals surface area contributed by atoms with E-state index in [0.29, 0.717) is 24.5 Å². The van der Waals surface area contributed by atoms with Gasteiger partial charge in [-0.1, -0.05) is 46.8 Å². The Labute approximate surface area is 182 Å². The minimum Gasteiger partial charge on any atom is -0.355 e. The zero-order chi connectivity index (χ0) is 20.5. The van der Waals surface area contributed by atoms with Gasteiger partial charge in [0.05, 0.1) is 10.2 Å². The summed E-state index contributed by atoms with van der Waals surface area (Å²) in [6.45, 7) is 2.78. The molecule has 1 amide bonds. The molecule has 152 valence electrons. The van der Waals surface area contributed by atoms with Crippen LogP contribution in [0.2, 0.25) is 0 Å². The molecular formula is C22H20N4O2S2. The quantitative estimate of drug-likeness (QED) is 0.435. The fourth-order valence-corrected chi connectivity index (χ4v) is 5.10. The largest absolute Gasteiger partial charge is 0.355 e. The third-order valence-electron chi connectivity index (χ3n) is 5.21. The van der Waals surface area contributed by atoms with Crippen molar-refractivity contribution in [2.75, 3.05) is 37.3 Å². The minimum atomic E-state index is -0.0884. The topological polar surface area (TPSA) is 62.5 Å². The molecule has 0 spiro atoms. The van der Waals surface area contributed by atoms with Gasteiger partial charge in [0.25, 0.3) is 5.91 Å². The van der Waals surface area contributed by atoms with E-state index in [4.69, 9.17) is 9.51 Å². The van der Waals surface area contributed by atoms with Crippen LogP contribution in [-0.2, 0) is 0 Å². The maximum atomic E-state index is 12.9. The van der Waals surface area contributed by atoms with E-state index in [1.54, 1.807) is 29.2 Å². The van der Waals surface area contributed by atoms with Gasteiger partial charge in [-0.2, -0.15) is 0 Å². The summed E-state index contributed by atoms with van der Waals surface area (Å²) in [5.41, 5.74) is 2.29. The second-order valence-electron chi connectivity index (χ2n) is 7.05. The van der Waals surface area contributed by atoms with Gasteiger partial charge >= 0.3 is 0 Å². The van der Waals surface area contributed by atoms with Gasteiger partial charge in [-0.15, -0.1) is 11.8 Å². The molecule has 1 aliphatic rings. The molecule has 0 atom stereocenters. The maximum absolute atomic E-state index is 12.9. The van der Waals surface area contributed by atoms with Crippen LogP contribution < -0.4 is 4.90 Å². The lowest BCUT2D eigenvalue weighted by molar-refractivity contribution is 0.0736. The van der Waals surface area contributed by atoms with E-state index in [1.807, 2.05) is 35.2 Å². The summed E-state index contributed by atoms with van der Waals surface area (Å²) < 4.78 is 6.59. The number of thioether (sulfide) groups is 1. The molecule has 1 aliphatic heterocycles. The number of carbonyl (C=O) groups excluding carboxylic acids is 1. The second kappa shape index (κ2) is 8.12. The van der Waals surface area contributed by atoms with E-state index in [1.165, 1.54) is 9.60 Å². The standard InChI is InChI=1S/C22H20N4O2S2/c1-29-16-7-8-17-20(13-16)30-22(23-17)26-11-9-25(10-12-26)21(27)18-14-19(28-24-18)15-5-3-2-4-6-15/h2-8,13-14H,9-12H2,1H3. The summed E-state index contributed by atoms with van der Waals surface area (Å²) in [6, 6.07) is 17.8. The molecule has 2 aromatic heterocycles. The minimum absolute atomic E-state index is 0.0884. The molecule has 2 aromatic carbocycles. The van der Waals surface area contributed by atoms with E-state index in [9.17, 15) is 4.79 Å². The Balaban J connectivity index is 1.26. The average Bonchev–Trinajstić information content (AvgIpc) is 3.46. The fourth-order valence-electron chi connectivity index (χ4n) is 3.53. The van der Waals surface area contributed by atoms with E-state index >= 15 is 0 Å². The summed E-state index contributed by atoms with van der Waals surface area (Å²) in [5, 5.41) is 5.01. The molecule has 0 N–H and O–H groups in total. The number of rotatable bonds is 4. The number of amides is 1. The Morgan fingerprint density at radius 3 is 2.63 bits per heavy atom. The summed E-state index contributed by atoms with van der Waals surface area (Å²) in [7, 11) is 0. The molecule has 30 heavy (non-hydrogen) atoms. The predicted molar refractivity (Wildman–Crippen MR) is 121 cm³/mol. The molecule has 8 heteroatoms. The van der Waals surface area contributed by atoms with Crippen LogP contribution in [0.3, 0.4) is 0 Å². The third-order valence-corrected chi connectivity index (χ3v) is 7.01. The molecular weight excluding hydrogens is 416 g/mol. The molecule has 0 unspecified atom stereocenters. The Morgan fingerprint density at radius 1 is 1.07 bits per heavy atom. The first kappa shape index (κ1) is 19.1. The van der Waals surface area contributed by atoms with Crippen molar-refractivity contribution >= 4 is 44.4 Å². The number of piperazine rings is 1. The van der Waals surface area contributed by atoms with E-state index in [-0.39, 0.29) is 5.91 Å². The zero-order valence-electron chi connectivity index (χ0n) is 16.4. The molecule has 4 aromatic rings. The number of benzene rings is 2. The number of carbonyl (C=O) groups is 1. The van der Waals surface area contributed by atoms with Gasteiger partial charge in [-0.25, -0.2) is 4.98 Å². The van der Waals surface area contributed by atoms with Crippen LogP contribution in [0.25, 0.3) is 21.5 Å². The Kier molecular flexibility index (Phi) is 5.18. The van der Waals surface area contributed by atoms with Crippen molar-refractivity contribution in [1.29, 1.82) is 0 Å². The molecule has 5 rings (SSSR count). The average molecular weight is 437 g/mol. The lowest BCUT2D eigenvalue weighted by Crippen LogP contribution is -2.48. The molecule has 0 saturated carbocycles. The molecule has 0 radical (unpaired) electrons. The fraction of sp³-hybridized carbons (Fsp3) is 0.227. The van der Waals surface area contributed by atoms with Crippen molar-refractivity contribution in [2.45, 2.75) is 4.90 Å². The van der Waals surface area contributed by atoms with Crippen molar-refractivity contribution in [3.8, 4) is 11.3 Å². The Hall–Kier alpha value is -2.84. The third kappa shape index (κ3) is 3.68. The highest BCUT2D eigenvalue weighted by atomic mass is 32.2. The number of anilines is 1. The smallest absolute Gasteiger partial charge is 0.276 e. The summed E-state index contributed by atoms with van der Waals surface area (Å²) in [6.07, 6.45) is 2.08. The van der Waals surface area contributed by atoms with Crippen LogP contribution >= 0.6 is 23.1 Å². The number of nitrogens with zero attached hydrogens (tertiary/aromatic N) is 4. The van der Waals surface area contributed by atoms with E-state index < -0.39 is 0 Å². The maximum Gasteiger partial charge on any atom is 0.276 e. The molecule has 1 fully saturated rings. The molecule has 1 saturated heterocycles. The van der Waals surface area contributed by atoms with Gasteiger partial charge in [0, 0.05) is 42.7 Å². The lowest BCUT2D eigenvalue weighted by atomic mass is 10.1. The SMILES string of the molecule is CSc1ccc2nc(N3CCN(C(=O)c4cc(-c5ccccc5)on4)CC3)sc2c1. The summed E-state index contributed by atoms with van der Waals surface area (Å²) in [4.78, 5) is 23.0. The molecule has 3 heterocycles. The van der Waals surface area contributed by atoms with Gasteiger partial charge in [0.15, 0.2) is 16.6 Å². The van der Waals surface area contributed by atoms with Crippen LogP contribution in [0.15, 0.2) is 64.0 Å². The highest BCUT2D eigenvalue weighted by Gasteiger charge is 2.26. The number of hydrogen-bond donors (Lipinski definition) is 0. The van der Waals surface area contributed by atoms with Crippen LogP contribution in [0.1, 0.15) is 10.5 Å². The first-order valence-electron chi connectivity index (χ1n) is 9.72. The van der Waals surface area contributed by atoms with Crippen molar-refractivity contribution in [3.05, 3.63) is 60.3 Å². The first-order valence-corrected chi connectivity index (χ1v) is 11.8. The van der Waals surface area contributed by atoms with Crippen LogP contribution in [0, 0.1) is 0 Å². The monoisotopic (exact) mass is 436 g/mol. The van der Waals surface area contributed by atoms with Crippen molar-refractivity contribution in [2.24, 2.45) is 0 Å². The van der Waals surface area contributed by atoms with Crippen LogP contribution in [-0.4, -0.2) is 53.4 Å². The first-order chi connectivity index (χ1) is 14.7. The number of thiazole rings is 1. The van der Waals surface area contributed by atoms with Gasteiger partial charge in [-0.3, -0.25) is 4.79 Å². The van der Waals surface area contributed by atoms with Gasteiger partial charge < -0.3 is 14.3 Å². The van der Waals surface area contributed by atoms with Gasteiger partial charge in [0.2, 0.25) is 0 Å². The normalized spacial score (nSPS) is 14.4. The number of hydrogen-bond acceptors (Lipinski definition) is 7. The zero-order valence-corrected chi connectivity index (χ0v) is 18.1. The molecule has 0 aliphatic carbocycles. The van der Waals surface area contributed by atoms with Gasteiger partial charge in [-0.05, 0) is 24.5 Å². The Morgan fingerprint density at radius 2 is 1.87 bits per heavy atom. The second-order valence-corrected chi connectivity index (χ2v) is 8.94. The van der Waals surface area contributed by atoms with E-state index in [0.717, 1.165) is 29.3 Å². The summed E-state index contributed by atoms with van der Waals surface area (Å²) in [5.74, 6) is 0.520. The van der Waals surface area contributed by atoms with Gasteiger partial charge in [0.1, 0.15) is 0 Å². The molecule has 6 nitrogen and oxygen atoms in total. The summed E-state index contributed by atoms with van der Waals surface area (Å²) >= 11 is 3.45. The lowest BCUT2D eigenvalue weighted by Gasteiger charge is -2.34. The van der Waals surface area contributed by atoms with Crippen LogP contribution in [0.5, 0.6) is 0 Å². The van der Waals surface area contributed by atoms with E-state index in [2.05, 4.69) is 34.5 Å². The van der Waals surface area contributed by atoms with Crippen molar-refractivity contribution in [3.63, 3.8) is 0 Å². The van der Waals surface area contributed by atoms with Crippen molar-refractivity contribution in [1.82, 2.24) is 15.0 Å². The highest BCUT2D eigenvalue weighted by molar-refractivity contribution is 7.98. The molecule has 0 bridgehead atoms. The predicted octanol–water partition coefficient (Wildman–Crippen LogP) is 4.64. The highest BCUT2D eigenvalue weighted by Crippen LogP contribution is 2.32.